The lowest BCUT2D eigenvalue weighted by Gasteiger charge is -2.08. The molecule has 142 valence electrons. The molecule has 8 heteroatoms. The molecular formula is C18H23NO6S. The lowest BCUT2D eigenvalue weighted by Crippen LogP contribution is -2.30. The number of hydrogen-bond donors (Lipinski definition) is 3. The third-order valence-electron chi connectivity index (χ3n) is 3.07. The van der Waals surface area contributed by atoms with Gasteiger partial charge in [0.25, 0.3) is 10.1 Å². The highest BCUT2D eigenvalue weighted by atomic mass is 32.2. The second kappa shape index (κ2) is 10.5. The van der Waals surface area contributed by atoms with Crippen LogP contribution in [0.5, 0.6) is 0 Å². The van der Waals surface area contributed by atoms with Crippen LogP contribution in [0, 0.1) is 6.92 Å². The fourth-order valence-corrected chi connectivity index (χ4v) is 2.20. The minimum Gasteiger partial charge on any atom is -0.445 e. The first kappa shape index (κ1) is 21.6. The van der Waals surface area contributed by atoms with Gasteiger partial charge in [-0.3, -0.25) is 4.55 Å². The first-order chi connectivity index (χ1) is 12.2. The van der Waals surface area contributed by atoms with Crippen molar-refractivity contribution in [2.24, 2.45) is 0 Å². The van der Waals surface area contributed by atoms with Gasteiger partial charge in [-0.1, -0.05) is 48.0 Å². The van der Waals surface area contributed by atoms with E-state index in [2.05, 4.69) is 5.32 Å². The summed E-state index contributed by atoms with van der Waals surface area (Å²) in [6, 6.07) is 15.4. The summed E-state index contributed by atoms with van der Waals surface area (Å²) in [5.41, 5.74) is 1.89. The minimum absolute atomic E-state index is 0.0666. The molecule has 2 aromatic carbocycles. The minimum atomic E-state index is -4.02. The molecule has 1 atom stereocenters. The molecule has 2 rings (SSSR count). The highest BCUT2D eigenvalue weighted by Gasteiger charge is 2.06. The summed E-state index contributed by atoms with van der Waals surface area (Å²) >= 11 is 0. The number of alkyl carbamates (subject to hydrolysis) is 1. The molecule has 26 heavy (non-hydrogen) atoms. The van der Waals surface area contributed by atoms with Crippen LogP contribution in [0.4, 0.5) is 4.79 Å². The summed E-state index contributed by atoms with van der Waals surface area (Å²) in [5, 5.41) is 11.4. The van der Waals surface area contributed by atoms with Gasteiger partial charge in [0, 0.05) is 6.54 Å². The number of aliphatic hydroxyl groups is 1. The summed E-state index contributed by atoms with van der Waals surface area (Å²) < 4.78 is 34.5. The largest absolute Gasteiger partial charge is 0.445 e. The van der Waals surface area contributed by atoms with Gasteiger partial charge in [-0.25, -0.2) is 4.79 Å². The maximum absolute atomic E-state index is 11.1. The number of amides is 1. The lowest BCUT2D eigenvalue weighted by atomic mass is 10.2. The van der Waals surface area contributed by atoms with E-state index in [1.807, 2.05) is 37.3 Å². The maximum Gasteiger partial charge on any atom is 0.407 e. The Hall–Kier alpha value is -2.42. The van der Waals surface area contributed by atoms with E-state index >= 15 is 0 Å². The predicted molar refractivity (Wildman–Crippen MR) is 97.3 cm³/mol. The van der Waals surface area contributed by atoms with Crippen molar-refractivity contribution in [3.63, 3.8) is 0 Å². The molecule has 0 aliphatic carbocycles. The van der Waals surface area contributed by atoms with Gasteiger partial charge in [0.05, 0.1) is 11.0 Å². The number of rotatable bonds is 5. The van der Waals surface area contributed by atoms with E-state index in [1.165, 1.54) is 12.1 Å². The zero-order valence-electron chi connectivity index (χ0n) is 14.6. The Morgan fingerprint density at radius 2 is 1.69 bits per heavy atom. The first-order valence-electron chi connectivity index (χ1n) is 7.85. The van der Waals surface area contributed by atoms with Crippen LogP contribution in [0.25, 0.3) is 0 Å². The zero-order chi connectivity index (χ0) is 19.6. The predicted octanol–water partition coefficient (Wildman–Crippen LogP) is 2.54. The van der Waals surface area contributed by atoms with Gasteiger partial charge < -0.3 is 15.2 Å². The van der Waals surface area contributed by atoms with E-state index in [0.29, 0.717) is 0 Å². The molecule has 7 nitrogen and oxygen atoms in total. The molecule has 0 aromatic heterocycles. The van der Waals surface area contributed by atoms with Crippen LogP contribution in [0.2, 0.25) is 0 Å². The normalized spacial score (nSPS) is 11.7. The van der Waals surface area contributed by atoms with E-state index < -0.39 is 22.3 Å². The van der Waals surface area contributed by atoms with Gasteiger partial charge in [0.1, 0.15) is 6.61 Å². The number of aliphatic hydroxyl groups excluding tert-OH is 1. The SMILES string of the molecule is C[C@H](O)CNC(=O)OCc1ccccc1.Cc1ccc(S(=O)(=O)O)cc1. The van der Waals surface area contributed by atoms with Crippen LogP contribution in [-0.2, 0) is 21.5 Å². The quantitative estimate of drug-likeness (QED) is 0.686. The average Bonchev–Trinajstić information content (AvgIpc) is 2.59. The van der Waals surface area contributed by atoms with Crippen LogP contribution in [-0.4, -0.2) is 36.8 Å². The third kappa shape index (κ3) is 9.16. The monoisotopic (exact) mass is 381 g/mol. The fourth-order valence-electron chi connectivity index (χ4n) is 1.72. The van der Waals surface area contributed by atoms with Crippen molar-refractivity contribution in [2.45, 2.75) is 31.5 Å². The molecule has 0 aliphatic rings. The fraction of sp³-hybridized carbons (Fsp3) is 0.278. The van der Waals surface area contributed by atoms with Crippen molar-refractivity contribution in [1.29, 1.82) is 0 Å². The van der Waals surface area contributed by atoms with Crippen LogP contribution in [0.15, 0.2) is 59.5 Å². The van der Waals surface area contributed by atoms with Crippen molar-refractivity contribution in [3.8, 4) is 0 Å². The van der Waals surface area contributed by atoms with E-state index in [4.69, 9.17) is 14.4 Å². The highest BCUT2D eigenvalue weighted by molar-refractivity contribution is 7.85. The number of ether oxygens (including phenoxy) is 1. The van der Waals surface area contributed by atoms with E-state index in [1.54, 1.807) is 19.1 Å². The maximum atomic E-state index is 11.1. The molecule has 3 N–H and O–H groups in total. The molecule has 0 radical (unpaired) electrons. The number of carbonyl (C=O) groups is 1. The first-order valence-corrected chi connectivity index (χ1v) is 9.29. The second-order valence-corrected chi connectivity index (χ2v) is 7.00. The molecule has 2 aromatic rings. The molecule has 0 unspecified atom stereocenters. The molecule has 1 amide bonds. The summed E-state index contributed by atoms with van der Waals surface area (Å²) in [5.74, 6) is 0. The van der Waals surface area contributed by atoms with Gasteiger partial charge in [-0.15, -0.1) is 0 Å². The Kier molecular flexibility index (Phi) is 8.77. The molecule has 0 fully saturated rings. The van der Waals surface area contributed by atoms with Crippen molar-refractivity contribution in [3.05, 3.63) is 65.7 Å². The topological polar surface area (TPSA) is 113 Å². The van der Waals surface area contributed by atoms with Crippen LogP contribution >= 0.6 is 0 Å². The van der Waals surface area contributed by atoms with Gasteiger partial charge in [0.2, 0.25) is 0 Å². The Labute approximate surface area is 153 Å². The number of hydrogen-bond acceptors (Lipinski definition) is 5. The Balaban J connectivity index is 0.000000273. The average molecular weight is 381 g/mol. The Bertz CT molecular complexity index is 773. The Morgan fingerprint density at radius 1 is 1.12 bits per heavy atom. The number of benzene rings is 2. The van der Waals surface area contributed by atoms with Crippen molar-refractivity contribution in [1.82, 2.24) is 5.32 Å². The summed E-state index contributed by atoms with van der Waals surface area (Å²) in [7, 11) is -4.02. The van der Waals surface area contributed by atoms with Gasteiger partial charge >= 0.3 is 6.09 Å². The third-order valence-corrected chi connectivity index (χ3v) is 3.94. The van der Waals surface area contributed by atoms with E-state index in [9.17, 15) is 13.2 Å². The molecule has 0 saturated heterocycles. The van der Waals surface area contributed by atoms with E-state index in [0.717, 1.165) is 11.1 Å². The van der Waals surface area contributed by atoms with Crippen molar-refractivity contribution >= 4 is 16.2 Å². The van der Waals surface area contributed by atoms with Gasteiger partial charge in [0.15, 0.2) is 0 Å². The van der Waals surface area contributed by atoms with Crippen LogP contribution < -0.4 is 5.32 Å². The second-order valence-electron chi connectivity index (χ2n) is 5.58. The standard InChI is InChI=1S/C11H15NO3.C7H8O3S/c1-9(13)7-12-11(14)15-8-10-5-3-2-4-6-10;1-6-2-4-7(5-3-6)11(8,9)10/h2-6,9,13H,7-8H2,1H3,(H,12,14);2-5H,1H3,(H,8,9,10)/t9-;/m0./s1. The summed E-state index contributed by atoms with van der Waals surface area (Å²) in [6.45, 7) is 3.88. The van der Waals surface area contributed by atoms with Crippen LogP contribution in [0.1, 0.15) is 18.1 Å². The highest BCUT2D eigenvalue weighted by Crippen LogP contribution is 2.08. The lowest BCUT2D eigenvalue weighted by molar-refractivity contribution is 0.129. The molecule has 0 saturated carbocycles. The molecule has 0 bridgehead atoms. The smallest absolute Gasteiger partial charge is 0.407 e. The molecule has 0 heterocycles. The van der Waals surface area contributed by atoms with Gasteiger partial charge in [-0.2, -0.15) is 8.42 Å². The van der Waals surface area contributed by atoms with Gasteiger partial charge in [-0.05, 0) is 31.5 Å². The van der Waals surface area contributed by atoms with Crippen molar-refractivity contribution in [2.75, 3.05) is 6.54 Å². The van der Waals surface area contributed by atoms with Crippen molar-refractivity contribution < 1.29 is 27.6 Å². The summed E-state index contributed by atoms with van der Waals surface area (Å²) in [4.78, 5) is 11.0. The molecular weight excluding hydrogens is 358 g/mol. The molecule has 0 spiro atoms. The number of carbonyl (C=O) groups excluding carboxylic acids is 1. The van der Waals surface area contributed by atoms with Crippen LogP contribution in [0.3, 0.4) is 0 Å². The Morgan fingerprint density at radius 3 is 2.19 bits per heavy atom. The number of aryl methyl sites for hydroxylation is 1. The number of nitrogens with one attached hydrogen (secondary N) is 1. The van der Waals surface area contributed by atoms with E-state index in [-0.39, 0.29) is 18.0 Å². The molecule has 0 aliphatic heterocycles. The zero-order valence-corrected chi connectivity index (χ0v) is 15.4. The summed E-state index contributed by atoms with van der Waals surface area (Å²) in [6.07, 6.45) is -1.07.